The molecule has 9 heteroatoms. The van der Waals surface area contributed by atoms with Crippen LogP contribution in [0.15, 0.2) is 23.6 Å². The first-order valence-electron chi connectivity index (χ1n) is 6.95. The number of nitrogens with one attached hydrogen (secondary N) is 1. The van der Waals surface area contributed by atoms with Crippen LogP contribution in [-0.2, 0) is 6.42 Å². The number of nitro groups is 1. The highest BCUT2D eigenvalue weighted by molar-refractivity contribution is 7.15. The fraction of sp³-hybridized carbons (Fsp3) is 0.286. The van der Waals surface area contributed by atoms with Crippen molar-refractivity contribution in [3.05, 3.63) is 49.8 Å². The van der Waals surface area contributed by atoms with Gasteiger partial charge in [-0.25, -0.2) is 0 Å². The van der Waals surface area contributed by atoms with Gasteiger partial charge in [-0.3, -0.25) is 15.2 Å². The fourth-order valence-corrected chi connectivity index (χ4v) is 3.57. The molecule has 3 heterocycles. The van der Waals surface area contributed by atoms with Crippen LogP contribution in [0.25, 0.3) is 0 Å². The minimum Gasteiger partial charge on any atom is -0.420 e. The number of aromatic amines is 1. The molecule has 0 aliphatic carbocycles. The molecule has 1 aliphatic rings. The standard InChI is InChI=1S/C14H13N5O3S/c1-2-3-8-12-11(9-4-5-10(23-9)19(20)21)7(6-15)13(16)22-14(12)18-17-8/h4-5,11H,2-3,16H2,1H3,(H,17,18). The van der Waals surface area contributed by atoms with Gasteiger partial charge in [0, 0.05) is 16.6 Å². The Bertz CT molecular complexity index is 845. The maximum atomic E-state index is 10.9. The normalized spacial score (nSPS) is 16.6. The van der Waals surface area contributed by atoms with Gasteiger partial charge in [0.1, 0.15) is 11.6 Å². The molecular formula is C14H13N5O3S. The zero-order valence-electron chi connectivity index (χ0n) is 12.2. The van der Waals surface area contributed by atoms with Crippen molar-refractivity contribution in [1.82, 2.24) is 10.2 Å². The summed E-state index contributed by atoms with van der Waals surface area (Å²) < 4.78 is 5.43. The van der Waals surface area contributed by atoms with Crippen LogP contribution < -0.4 is 10.5 Å². The molecule has 0 aromatic carbocycles. The van der Waals surface area contributed by atoms with Gasteiger partial charge in [-0.05, 0) is 12.5 Å². The van der Waals surface area contributed by atoms with Crippen molar-refractivity contribution in [2.45, 2.75) is 25.7 Å². The number of fused-ring (bicyclic) bond motifs is 1. The maximum Gasteiger partial charge on any atom is 0.324 e. The number of hydrogen-bond acceptors (Lipinski definition) is 7. The molecule has 23 heavy (non-hydrogen) atoms. The smallest absolute Gasteiger partial charge is 0.324 e. The van der Waals surface area contributed by atoms with Gasteiger partial charge in [-0.2, -0.15) is 5.26 Å². The van der Waals surface area contributed by atoms with Gasteiger partial charge in [-0.15, -0.1) is 5.10 Å². The summed E-state index contributed by atoms with van der Waals surface area (Å²) in [5.74, 6) is -0.190. The van der Waals surface area contributed by atoms with Crippen molar-refractivity contribution in [1.29, 1.82) is 5.26 Å². The molecule has 8 nitrogen and oxygen atoms in total. The molecule has 0 bridgehead atoms. The molecule has 3 N–H and O–H groups in total. The SMILES string of the molecule is CCCc1[nH]nc2c1C(c1ccc([N+](=O)[O-])s1)C(C#N)=C(N)O2. The van der Waals surface area contributed by atoms with Crippen LogP contribution in [-0.4, -0.2) is 15.1 Å². The second-order valence-electron chi connectivity index (χ2n) is 5.03. The summed E-state index contributed by atoms with van der Waals surface area (Å²) in [4.78, 5) is 11.2. The Morgan fingerprint density at radius 1 is 1.61 bits per heavy atom. The van der Waals surface area contributed by atoms with E-state index in [4.69, 9.17) is 10.5 Å². The van der Waals surface area contributed by atoms with E-state index in [1.54, 1.807) is 6.07 Å². The van der Waals surface area contributed by atoms with Crippen LogP contribution in [0.3, 0.4) is 0 Å². The van der Waals surface area contributed by atoms with Crippen molar-refractivity contribution in [2.24, 2.45) is 5.73 Å². The Labute approximate surface area is 135 Å². The van der Waals surface area contributed by atoms with E-state index < -0.39 is 10.8 Å². The Morgan fingerprint density at radius 3 is 3.00 bits per heavy atom. The number of allylic oxidation sites excluding steroid dienone is 1. The first-order valence-corrected chi connectivity index (χ1v) is 7.77. The predicted octanol–water partition coefficient (Wildman–Crippen LogP) is 2.55. The molecule has 2 aromatic heterocycles. The quantitative estimate of drug-likeness (QED) is 0.654. The number of thiophene rings is 1. The van der Waals surface area contributed by atoms with Gasteiger partial charge >= 0.3 is 5.00 Å². The largest absolute Gasteiger partial charge is 0.420 e. The third-order valence-corrected chi connectivity index (χ3v) is 4.70. The van der Waals surface area contributed by atoms with Gasteiger partial charge in [-0.1, -0.05) is 24.7 Å². The second-order valence-corrected chi connectivity index (χ2v) is 6.12. The summed E-state index contributed by atoms with van der Waals surface area (Å²) in [5, 5.41) is 27.5. The van der Waals surface area contributed by atoms with Crippen molar-refractivity contribution in [3.63, 3.8) is 0 Å². The van der Waals surface area contributed by atoms with Crippen molar-refractivity contribution < 1.29 is 9.66 Å². The topological polar surface area (TPSA) is 131 Å². The van der Waals surface area contributed by atoms with Crippen LogP contribution in [0.4, 0.5) is 5.00 Å². The number of H-pyrrole nitrogens is 1. The van der Waals surface area contributed by atoms with Gasteiger partial charge in [0.05, 0.1) is 16.4 Å². The zero-order valence-corrected chi connectivity index (χ0v) is 13.0. The van der Waals surface area contributed by atoms with Gasteiger partial charge in [0.15, 0.2) is 0 Å². The molecule has 0 fully saturated rings. The lowest BCUT2D eigenvalue weighted by molar-refractivity contribution is -0.380. The third kappa shape index (κ3) is 2.43. The van der Waals surface area contributed by atoms with Gasteiger partial charge in [0.25, 0.3) is 0 Å². The number of nitrogens with two attached hydrogens (primary N) is 1. The maximum absolute atomic E-state index is 10.9. The number of nitrogens with zero attached hydrogens (tertiary/aromatic N) is 3. The highest BCUT2D eigenvalue weighted by Crippen LogP contribution is 2.46. The average molecular weight is 331 g/mol. The highest BCUT2D eigenvalue weighted by Gasteiger charge is 2.36. The minimum atomic E-state index is -0.497. The third-order valence-electron chi connectivity index (χ3n) is 3.59. The first kappa shape index (κ1) is 15.1. The van der Waals surface area contributed by atoms with Gasteiger partial charge in [0.2, 0.25) is 11.8 Å². The van der Waals surface area contributed by atoms with E-state index in [-0.39, 0.29) is 16.5 Å². The lowest BCUT2D eigenvalue weighted by Crippen LogP contribution is -2.20. The number of rotatable bonds is 4. The Morgan fingerprint density at radius 2 is 2.39 bits per heavy atom. The summed E-state index contributed by atoms with van der Waals surface area (Å²) in [6.45, 7) is 2.03. The monoisotopic (exact) mass is 331 g/mol. The fourth-order valence-electron chi connectivity index (χ4n) is 2.63. The Balaban J connectivity index is 2.17. The molecule has 1 aliphatic heterocycles. The molecular weight excluding hydrogens is 318 g/mol. The molecule has 118 valence electrons. The summed E-state index contributed by atoms with van der Waals surface area (Å²) >= 11 is 1.03. The lowest BCUT2D eigenvalue weighted by atomic mass is 9.88. The number of aromatic nitrogens is 2. The molecule has 1 atom stereocenters. The molecule has 0 radical (unpaired) electrons. The molecule has 0 saturated heterocycles. The van der Waals surface area contributed by atoms with Crippen LogP contribution in [0, 0.1) is 21.4 Å². The number of nitriles is 1. The van der Waals surface area contributed by atoms with E-state index in [1.165, 1.54) is 6.07 Å². The summed E-state index contributed by atoms with van der Waals surface area (Å²) in [6.07, 6.45) is 1.61. The van der Waals surface area contributed by atoms with E-state index in [0.29, 0.717) is 10.8 Å². The van der Waals surface area contributed by atoms with Crippen LogP contribution in [0.2, 0.25) is 0 Å². The van der Waals surface area contributed by atoms with Crippen molar-refractivity contribution in [2.75, 3.05) is 0 Å². The number of ether oxygens (including phenoxy) is 1. The molecule has 2 aromatic rings. The molecule has 0 amide bonds. The van der Waals surface area contributed by atoms with Crippen LogP contribution >= 0.6 is 11.3 Å². The van der Waals surface area contributed by atoms with Crippen LogP contribution in [0.5, 0.6) is 5.88 Å². The summed E-state index contributed by atoms with van der Waals surface area (Å²) in [6, 6.07) is 5.14. The molecule has 0 saturated carbocycles. The zero-order chi connectivity index (χ0) is 16.6. The summed E-state index contributed by atoms with van der Waals surface area (Å²) in [5.41, 5.74) is 7.66. The first-order chi connectivity index (χ1) is 11.1. The minimum absolute atomic E-state index is 0.0180. The number of aryl methyl sites for hydroxylation is 1. The van der Waals surface area contributed by atoms with E-state index in [1.807, 2.05) is 6.92 Å². The Hall–Kier alpha value is -2.86. The van der Waals surface area contributed by atoms with E-state index in [0.717, 1.165) is 35.4 Å². The second kappa shape index (κ2) is 5.73. The van der Waals surface area contributed by atoms with E-state index in [9.17, 15) is 15.4 Å². The van der Waals surface area contributed by atoms with E-state index >= 15 is 0 Å². The molecule has 1 unspecified atom stereocenters. The van der Waals surface area contributed by atoms with E-state index in [2.05, 4.69) is 16.3 Å². The lowest BCUT2D eigenvalue weighted by Gasteiger charge is -2.22. The molecule has 0 spiro atoms. The molecule has 3 rings (SSSR count). The summed E-state index contributed by atoms with van der Waals surface area (Å²) in [7, 11) is 0. The van der Waals surface area contributed by atoms with Crippen LogP contribution in [0.1, 0.15) is 35.4 Å². The number of hydrogen-bond donors (Lipinski definition) is 2. The van der Waals surface area contributed by atoms with Gasteiger partial charge < -0.3 is 10.5 Å². The van der Waals surface area contributed by atoms with Crippen molar-refractivity contribution >= 4 is 16.3 Å². The highest BCUT2D eigenvalue weighted by atomic mass is 32.1. The van der Waals surface area contributed by atoms with Crippen molar-refractivity contribution in [3.8, 4) is 11.9 Å². The Kier molecular flexibility index (Phi) is 3.75. The average Bonchev–Trinajstić information content (AvgIpc) is 3.14. The predicted molar refractivity (Wildman–Crippen MR) is 82.9 cm³/mol.